The Bertz CT molecular complexity index is 931. The number of para-hydroxylation sites is 1. The van der Waals surface area contributed by atoms with E-state index in [0.717, 1.165) is 22.8 Å². The minimum Gasteiger partial charge on any atom is -0.465 e. The molecular weight excluding hydrogens is 359 g/mol. The number of nitrogens with zero attached hydrogens (tertiary/aromatic N) is 2. The van der Waals surface area contributed by atoms with E-state index in [2.05, 4.69) is 10.8 Å². The van der Waals surface area contributed by atoms with Gasteiger partial charge in [0, 0.05) is 5.56 Å². The van der Waals surface area contributed by atoms with Crippen LogP contribution in [0.2, 0.25) is 0 Å². The molecule has 0 spiro atoms. The number of hydrogen-bond donors (Lipinski definition) is 2. The Hall–Kier alpha value is -3.29. The molecule has 8 heteroatoms. The maximum Gasteiger partial charge on any atom is 0.435 e. The van der Waals surface area contributed by atoms with E-state index in [-0.39, 0.29) is 0 Å². The smallest absolute Gasteiger partial charge is 0.435 e. The predicted octanol–water partition coefficient (Wildman–Crippen LogP) is 4.80. The third-order valence-electron chi connectivity index (χ3n) is 3.66. The second-order valence-corrected chi connectivity index (χ2v) is 5.82. The lowest BCUT2D eigenvalue weighted by Crippen LogP contribution is -2.07. The lowest BCUT2D eigenvalue weighted by molar-refractivity contribution is -0.141. The number of amides is 1. The highest BCUT2D eigenvalue weighted by Gasteiger charge is 2.35. The van der Waals surface area contributed by atoms with Gasteiger partial charge in [0.2, 0.25) is 0 Å². The van der Waals surface area contributed by atoms with Crippen LogP contribution in [0.25, 0.3) is 16.9 Å². The van der Waals surface area contributed by atoms with Crippen LogP contribution in [0.4, 0.5) is 18.0 Å². The standard InChI is InChI=1S/C18H15F3N2.CH3NO2/c1-12-8-9-15(13(2)10-12)16-11-17(18(19,20)21)22-23(16)14-6-4-3-5-7-14;2-1(3)4/h3-11H,1-2H3;2H2,(H,3,4). The van der Waals surface area contributed by atoms with E-state index < -0.39 is 18.0 Å². The van der Waals surface area contributed by atoms with E-state index in [1.807, 2.05) is 38.1 Å². The van der Waals surface area contributed by atoms with Gasteiger partial charge in [0.15, 0.2) is 5.69 Å². The number of halogens is 3. The Morgan fingerprint density at radius 2 is 1.67 bits per heavy atom. The summed E-state index contributed by atoms with van der Waals surface area (Å²) in [5, 5.41) is 11.0. The van der Waals surface area contributed by atoms with Gasteiger partial charge in [0.1, 0.15) is 0 Å². The predicted molar refractivity (Wildman–Crippen MR) is 95.7 cm³/mol. The molecule has 3 rings (SSSR count). The van der Waals surface area contributed by atoms with E-state index in [1.165, 1.54) is 4.68 Å². The van der Waals surface area contributed by atoms with E-state index in [9.17, 15) is 13.2 Å². The zero-order valence-electron chi connectivity index (χ0n) is 14.7. The van der Waals surface area contributed by atoms with Crippen molar-refractivity contribution in [2.45, 2.75) is 20.0 Å². The third-order valence-corrected chi connectivity index (χ3v) is 3.66. The summed E-state index contributed by atoms with van der Waals surface area (Å²) in [5.74, 6) is 0. The van der Waals surface area contributed by atoms with Gasteiger partial charge in [-0.1, -0.05) is 42.0 Å². The van der Waals surface area contributed by atoms with Gasteiger partial charge in [0.25, 0.3) is 0 Å². The lowest BCUT2D eigenvalue weighted by Gasteiger charge is -2.10. The van der Waals surface area contributed by atoms with Crippen LogP contribution < -0.4 is 5.73 Å². The highest BCUT2D eigenvalue weighted by atomic mass is 19.4. The summed E-state index contributed by atoms with van der Waals surface area (Å²) in [6.45, 7) is 3.84. The van der Waals surface area contributed by atoms with Crippen molar-refractivity contribution in [3.63, 3.8) is 0 Å². The van der Waals surface area contributed by atoms with Gasteiger partial charge in [-0.3, -0.25) is 0 Å². The van der Waals surface area contributed by atoms with E-state index in [1.54, 1.807) is 24.3 Å². The maximum atomic E-state index is 13.1. The lowest BCUT2D eigenvalue weighted by atomic mass is 10.0. The van der Waals surface area contributed by atoms with Crippen LogP contribution in [0, 0.1) is 13.8 Å². The molecule has 0 saturated heterocycles. The molecule has 27 heavy (non-hydrogen) atoms. The number of primary amides is 1. The molecule has 0 saturated carbocycles. The summed E-state index contributed by atoms with van der Waals surface area (Å²) in [7, 11) is 0. The van der Waals surface area contributed by atoms with Crippen molar-refractivity contribution in [1.82, 2.24) is 9.78 Å². The second-order valence-electron chi connectivity index (χ2n) is 5.82. The minimum atomic E-state index is -4.48. The fourth-order valence-corrected chi connectivity index (χ4v) is 2.58. The molecule has 1 aromatic heterocycles. The highest BCUT2D eigenvalue weighted by Crippen LogP contribution is 2.34. The van der Waals surface area contributed by atoms with Gasteiger partial charge in [0.05, 0.1) is 11.4 Å². The molecule has 3 aromatic rings. The Morgan fingerprint density at radius 3 is 2.19 bits per heavy atom. The van der Waals surface area contributed by atoms with Gasteiger partial charge in [-0.15, -0.1) is 0 Å². The van der Waals surface area contributed by atoms with Gasteiger partial charge >= 0.3 is 12.3 Å². The molecule has 0 aliphatic heterocycles. The molecule has 0 fully saturated rings. The van der Waals surface area contributed by atoms with Crippen LogP contribution in [0.1, 0.15) is 16.8 Å². The van der Waals surface area contributed by atoms with E-state index in [4.69, 9.17) is 9.90 Å². The van der Waals surface area contributed by atoms with Crippen LogP contribution >= 0.6 is 0 Å². The third kappa shape index (κ3) is 5.10. The van der Waals surface area contributed by atoms with Crippen molar-refractivity contribution in [3.05, 3.63) is 71.4 Å². The first-order chi connectivity index (χ1) is 12.6. The summed E-state index contributed by atoms with van der Waals surface area (Å²) in [4.78, 5) is 8.78. The normalized spacial score (nSPS) is 10.9. The Labute approximate surface area is 153 Å². The topological polar surface area (TPSA) is 81.1 Å². The molecule has 142 valence electrons. The average molecular weight is 377 g/mol. The van der Waals surface area contributed by atoms with Gasteiger partial charge < -0.3 is 10.8 Å². The number of carboxylic acid groups (broad SMARTS) is 1. The van der Waals surface area contributed by atoms with Gasteiger partial charge in [-0.2, -0.15) is 18.3 Å². The van der Waals surface area contributed by atoms with Crippen molar-refractivity contribution in [1.29, 1.82) is 0 Å². The summed E-state index contributed by atoms with van der Waals surface area (Å²) in [6, 6.07) is 15.6. The SMILES string of the molecule is Cc1ccc(-c2cc(C(F)(F)F)nn2-c2ccccc2)c(C)c1.NC(=O)O. The van der Waals surface area contributed by atoms with E-state index in [0.29, 0.717) is 11.4 Å². The van der Waals surface area contributed by atoms with Crippen molar-refractivity contribution >= 4 is 6.09 Å². The molecule has 5 nitrogen and oxygen atoms in total. The quantitative estimate of drug-likeness (QED) is 0.673. The fraction of sp³-hybridized carbons (Fsp3) is 0.158. The summed E-state index contributed by atoms with van der Waals surface area (Å²) < 4.78 is 40.7. The molecule has 0 aliphatic carbocycles. The zero-order chi connectivity index (χ0) is 20.2. The van der Waals surface area contributed by atoms with Crippen molar-refractivity contribution in [2.24, 2.45) is 5.73 Å². The number of aryl methyl sites for hydroxylation is 2. The first-order valence-corrected chi connectivity index (χ1v) is 7.88. The number of aromatic nitrogens is 2. The highest BCUT2D eigenvalue weighted by molar-refractivity contribution is 5.67. The largest absolute Gasteiger partial charge is 0.465 e. The first-order valence-electron chi connectivity index (χ1n) is 7.88. The molecule has 0 aliphatic rings. The number of nitrogens with two attached hydrogens (primary N) is 1. The molecule has 3 N–H and O–H groups in total. The van der Waals surface area contributed by atoms with Gasteiger partial charge in [-0.05, 0) is 37.6 Å². The van der Waals surface area contributed by atoms with Crippen LogP contribution in [0.5, 0.6) is 0 Å². The second kappa shape index (κ2) is 7.94. The summed E-state index contributed by atoms with van der Waals surface area (Å²) in [6.07, 6.45) is -5.81. The number of rotatable bonds is 2. The zero-order valence-corrected chi connectivity index (χ0v) is 14.7. The molecule has 0 radical (unpaired) electrons. The molecule has 2 aromatic carbocycles. The Morgan fingerprint density at radius 1 is 1.07 bits per heavy atom. The van der Waals surface area contributed by atoms with Crippen LogP contribution in [0.15, 0.2) is 54.6 Å². The molecule has 1 amide bonds. The Kier molecular flexibility index (Phi) is 5.89. The van der Waals surface area contributed by atoms with Crippen molar-refractivity contribution in [2.75, 3.05) is 0 Å². The number of carbonyl (C=O) groups is 1. The monoisotopic (exact) mass is 377 g/mol. The van der Waals surface area contributed by atoms with Gasteiger partial charge in [-0.25, -0.2) is 9.48 Å². The number of hydrogen-bond acceptors (Lipinski definition) is 2. The van der Waals surface area contributed by atoms with Crippen LogP contribution in [-0.2, 0) is 6.18 Å². The average Bonchev–Trinajstić information content (AvgIpc) is 3.00. The molecular formula is C19H18F3N3O2. The first kappa shape index (κ1) is 20.0. The molecule has 0 bridgehead atoms. The summed E-state index contributed by atoms with van der Waals surface area (Å²) in [5.41, 5.74) is 6.88. The Balaban J connectivity index is 0.000000596. The minimum absolute atomic E-state index is 0.432. The van der Waals surface area contributed by atoms with E-state index >= 15 is 0 Å². The summed E-state index contributed by atoms with van der Waals surface area (Å²) >= 11 is 0. The number of alkyl halides is 3. The van der Waals surface area contributed by atoms with Crippen molar-refractivity contribution < 1.29 is 23.1 Å². The van der Waals surface area contributed by atoms with Crippen LogP contribution in [0.3, 0.4) is 0 Å². The molecule has 1 heterocycles. The number of benzene rings is 2. The van der Waals surface area contributed by atoms with Crippen LogP contribution in [-0.4, -0.2) is 21.0 Å². The molecule has 0 atom stereocenters. The van der Waals surface area contributed by atoms with Crippen molar-refractivity contribution in [3.8, 4) is 16.9 Å². The fourth-order valence-electron chi connectivity index (χ4n) is 2.58. The maximum absolute atomic E-state index is 13.1. The molecule has 0 unspecified atom stereocenters.